The average molecular weight is 239 g/mol. The smallest absolute Gasteiger partial charge is 0.151 e. The first-order valence-corrected chi connectivity index (χ1v) is 7.31. The molecule has 2 rings (SSSR count). The quantitative estimate of drug-likeness (QED) is 0.840. The van der Waals surface area contributed by atoms with Crippen molar-refractivity contribution in [2.75, 3.05) is 18.1 Å². The Labute approximate surface area is 96.6 Å². The number of sulfone groups is 1. The number of aryl methyl sites for hydroxylation is 1. The van der Waals surface area contributed by atoms with E-state index in [-0.39, 0.29) is 23.3 Å². The van der Waals surface area contributed by atoms with Gasteiger partial charge in [0.25, 0.3) is 0 Å². The van der Waals surface area contributed by atoms with E-state index in [1.165, 1.54) is 5.56 Å². The maximum atomic E-state index is 11.6. The van der Waals surface area contributed by atoms with Crippen LogP contribution >= 0.6 is 0 Å². The summed E-state index contributed by atoms with van der Waals surface area (Å²) in [5, 5.41) is 0. The van der Waals surface area contributed by atoms with Gasteiger partial charge >= 0.3 is 0 Å². The SMILES string of the molecule is Cc1ccc(C2CS(=O)(=O)CC2CN)cc1. The van der Waals surface area contributed by atoms with Gasteiger partial charge in [0.2, 0.25) is 0 Å². The van der Waals surface area contributed by atoms with Crippen LogP contribution in [-0.4, -0.2) is 26.5 Å². The van der Waals surface area contributed by atoms with Crippen LogP contribution in [0.3, 0.4) is 0 Å². The summed E-state index contributed by atoms with van der Waals surface area (Å²) < 4.78 is 23.2. The average Bonchev–Trinajstić information content (AvgIpc) is 2.55. The maximum absolute atomic E-state index is 11.6. The Balaban J connectivity index is 2.30. The van der Waals surface area contributed by atoms with Crippen molar-refractivity contribution in [1.29, 1.82) is 0 Å². The summed E-state index contributed by atoms with van der Waals surface area (Å²) in [4.78, 5) is 0. The molecular formula is C12H17NO2S. The van der Waals surface area contributed by atoms with Crippen molar-refractivity contribution in [3.8, 4) is 0 Å². The molecule has 0 radical (unpaired) electrons. The Kier molecular flexibility index (Phi) is 3.04. The monoisotopic (exact) mass is 239 g/mol. The lowest BCUT2D eigenvalue weighted by Crippen LogP contribution is -2.20. The van der Waals surface area contributed by atoms with Gasteiger partial charge in [0, 0.05) is 5.92 Å². The highest BCUT2D eigenvalue weighted by Gasteiger charge is 2.37. The van der Waals surface area contributed by atoms with Crippen LogP contribution in [0.5, 0.6) is 0 Å². The highest BCUT2D eigenvalue weighted by molar-refractivity contribution is 7.91. The maximum Gasteiger partial charge on any atom is 0.151 e. The first kappa shape index (κ1) is 11.6. The molecule has 0 aliphatic carbocycles. The molecule has 1 saturated heterocycles. The highest BCUT2D eigenvalue weighted by atomic mass is 32.2. The number of rotatable bonds is 2. The Bertz CT molecular complexity index is 464. The molecule has 1 aromatic carbocycles. The van der Waals surface area contributed by atoms with E-state index >= 15 is 0 Å². The molecule has 1 aliphatic heterocycles. The lowest BCUT2D eigenvalue weighted by Gasteiger charge is -2.16. The molecule has 1 heterocycles. The molecule has 0 bridgehead atoms. The minimum absolute atomic E-state index is 0.0766. The van der Waals surface area contributed by atoms with E-state index in [0.29, 0.717) is 6.54 Å². The minimum atomic E-state index is -2.90. The van der Waals surface area contributed by atoms with Gasteiger partial charge in [-0.25, -0.2) is 8.42 Å². The Hall–Kier alpha value is -0.870. The highest BCUT2D eigenvalue weighted by Crippen LogP contribution is 2.33. The standard InChI is InChI=1S/C12H17NO2S/c1-9-2-4-10(5-3-9)12-8-16(14,15)7-11(12)6-13/h2-5,11-12H,6-8,13H2,1H3. The zero-order chi connectivity index (χ0) is 11.8. The lowest BCUT2D eigenvalue weighted by atomic mass is 9.89. The third kappa shape index (κ3) is 2.28. The second-order valence-corrected chi connectivity index (χ2v) is 6.74. The van der Waals surface area contributed by atoms with Crippen LogP contribution in [0.4, 0.5) is 0 Å². The molecule has 3 nitrogen and oxygen atoms in total. The van der Waals surface area contributed by atoms with E-state index < -0.39 is 9.84 Å². The predicted octanol–water partition coefficient (Wildman–Crippen LogP) is 1.08. The third-order valence-electron chi connectivity index (χ3n) is 3.28. The van der Waals surface area contributed by atoms with Crippen molar-refractivity contribution in [2.24, 2.45) is 11.7 Å². The molecule has 4 heteroatoms. The molecule has 0 saturated carbocycles. The number of benzene rings is 1. The zero-order valence-corrected chi connectivity index (χ0v) is 10.2. The van der Waals surface area contributed by atoms with Gasteiger partial charge < -0.3 is 5.73 Å². The fourth-order valence-corrected chi connectivity index (χ4v) is 4.50. The summed E-state index contributed by atoms with van der Waals surface area (Å²) >= 11 is 0. The van der Waals surface area contributed by atoms with Crippen molar-refractivity contribution >= 4 is 9.84 Å². The largest absolute Gasteiger partial charge is 0.330 e. The Morgan fingerprint density at radius 3 is 2.44 bits per heavy atom. The summed E-state index contributed by atoms with van der Waals surface area (Å²) in [5.41, 5.74) is 7.94. The van der Waals surface area contributed by atoms with Gasteiger partial charge in [-0.05, 0) is 24.9 Å². The van der Waals surface area contributed by atoms with E-state index in [1.807, 2.05) is 31.2 Å². The van der Waals surface area contributed by atoms with Crippen molar-refractivity contribution in [1.82, 2.24) is 0 Å². The normalized spacial score (nSPS) is 28.1. The van der Waals surface area contributed by atoms with Gasteiger partial charge in [0.1, 0.15) is 0 Å². The van der Waals surface area contributed by atoms with Crippen molar-refractivity contribution in [2.45, 2.75) is 12.8 Å². The molecule has 1 fully saturated rings. The van der Waals surface area contributed by atoms with Crippen LogP contribution in [-0.2, 0) is 9.84 Å². The van der Waals surface area contributed by atoms with E-state index in [0.717, 1.165) is 5.56 Å². The van der Waals surface area contributed by atoms with Crippen LogP contribution in [0.15, 0.2) is 24.3 Å². The van der Waals surface area contributed by atoms with Gasteiger partial charge in [-0.3, -0.25) is 0 Å². The van der Waals surface area contributed by atoms with Crippen molar-refractivity contribution in [3.63, 3.8) is 0 Å². The zero-order valence-electron chi connectivity index (χ0n) is 9.39. The summed E-state index contributed by atoms with van der Waals surface area (Å²) in [7, 11) is -2.90. The fourth-order valence-electron chi connectivity index (χ4n) is 2.33. The number of hydrogen-bond acceptors (Lipinski definition) is 3. The van der Waals surface area contributed by atoms with Crippen molar-refractivity contribution < 1.29 is 8.42 Å². The van der Waals surface area contributed by atoms with Gasteiger partial charge in [0.15, 0.2) is 9.84 Å². The number of nitrogens with two attached hydrogens (primary N) is 1. The molecule has 0 spiro atoms. The van der Waals surface area contributed by atoms with Crippen LogP contribution in [0, 0.1) is 12.8 Å². The second kappa shape index (κ2) is 4.18. The molecule has 16 heavy (non-hydrogen) atoms. The molecule has 2 unspecified atom stereocenters. The van der Waals surface area contributed by atoms with Gasteiger partial charge in [-0.2, -0.15) is 0 Å². The Morgan fingerprint density at radius 2 is 1.88 bits per heavy atom. The molecule has 0 aromatic heterocycles. The molecule has 1 aromatic rings. The fraction of sp³-hybridized carbons (Fsp3) is 0.500. The Morgan fingerprint density at radius 1 is 1.25 bits per heavy atom. The molecule has 0 amide bonds. The summed E-state index contributed by atoms with van der Waals surface area (Å²) in [5.74, 6) is 0.642. The van der Waals surface area contributed by atoms with E-state index in [2.05, 4.69) is 0 Å². The minimum Gasteiger partial charge on any atom is -0.330 e. The van der Waals surface area contributed by atoms with Crippen LogP contribution in [0.25, 0.3) is 0 Å². The van der Waals surface area contributed by atoms with E-state index in [1.54, 1.807) is 0 Å². The van der Waals surface area contributed by atoms with Crippen LogP contribution in [0.2, 0.25) is 0 Å². The van der Waals surface area contributed by atoms with Crippen molar-refractivity contribution in [3.05, 3.63) is 35.4 Å². The summed E-state index contributed by atoms with van der Waals surface area (Å²) in [6, 6.07) is 8.08. The summed E-state index contributed by atoms with van der Waals surface area (Å²) in [6.07, 6.45) is 0. The summed E-state index contributed by atoms with van der Waals surface area (Å²) in [6.45, 7) is 2.47. The third-order valence-corrected chi connectivity index (χ3v) is 5.08. The predicted molar refractivity (Wildman–Crippen MR) is 65.1 cm³/mol. The first-order valence-electron chi connectivity index (χ1n) is 5.49. The first-order chi connectivity index (χ1) is 7.52. The van der Waals surface area contributed by atoms with E-state index in [4.69, 9.17) is 5.73 Å². The second-order valence-electron chi connectivity index (χ2n) is 4.59. The molecule has 2 atom stereocenters. The van der Waals surface area contributed by atoms with Gasteiger partial charge in [-0.1, -0.05) is 29.8 Å². The molecule has 1 aliphatic rings. The van der Waals surface area contributed by atoms with Crippen LogP contribution in [0.1, 0.15) is 17.0 Å². The topological polar surface area (TPSA) is 60.2 Å². The molecule has 88 valence electrons. The van der Waals surface area contributed by atoms with Gasteiger partial charge in [-0.15, -0.1) is 0 Å². The van der Waals surface area contributed by atoms with Gasteiger partial charge in [0.05, 0.1) is 11.5 Å². The number of hydrogen-bond donors (Lipinski definition) is 1. The molecule has 2 N–H and O–H groups in total. The lowest BCUT2D eigenvalue weighted by molar-refractivity contribution is 0.533. The van der Waals surface area contributed by atoms with E-state index in [9.17, 15) is 8.42 Å². The molecular weight excluding hydrogens is 222 g/mol. The van der Waals surface area contributed by atoms with Crippen LogP contribution < -0.4 is 5.73 Å².